The molecule has 0 saturated heterocycles. The minimum Gasteiger partial charge on any atom is -0.423 e. The van der Waals surface area contributed by atoms with Crippen LogP contribution in [-0.2, 0) is 0 Å². The van der Waals surface area contributed by atoms with Gasteiger partial charge in [-0.1, -0.05) is 18.2 Å². The monoisotopic (exact) mass is 281 g/mol. The Bertz CT molecular complexity index is 710. The molecule has 0 aliphatic rings. The lowest BCUT2D eigenvalue weighted by atomic mass is 10.2. The van der Waals surface area contributed by atoms with Gasteiger partial charge in [0.05, 0.1) is 0 Å². The van der Waals surface area contributed by atoms with Crippen LogP contribution in [0.3, 0.4) is 0 Å². The molecule has 0 aliphatic carbocycles. The van der Waals surface area contributed by atoms with E-state index in [1.54, 1.807) is 48.5 Å². The summed E-state index contributed by atoms with van der Waals surface area (Å²) in [4.78, 5) is 11.7. The van der Waals surface area contributed by atoms with E-state index in [1.165, 1.54) is 6.39 Å². The maximum Gasteiger partial charge on any atom is 0.417 e. The van der Waals surface area contributed by atoms with E-state index in [4.69, 9.17) is 9.15 Å². The van der Waals surface area contributed by atoms with Gasteiger partial charge in [0.1, 0.15) is 5.75 Å². The van der Waals surface area contributed by atoms with Crippen molar-refractivity contribution in [2.45, 2.75) is 0 Å². The zero-order valence-electron chi connectivity index (χ0n) is 10.9. The van der Waals surface area contributed by atoms with Crippen LogP contribution in [0.5, 0.6) is 5.75 Å². The summed E-state index contributed by atoms with van der Waals surface area (Å²) in [6.45, 7) is 0. The molecule has 2 aromatic carbocycles. The van der Waals surface area contributed by atoms with E-state index in [9.17, 15) is 4.79 Å². The Morgan fingerprint density at radius 2 is 1.81 bits per heavy atom. The molecule has 0 atom stereocenters. The van der Waals surface area contributed by atoms with Crippen molar-refractivity contribution in [2.24, 2.45) is 0 Å². The lowest BCUT2D eigenvalue weighted by Crippen LogP contribution is -2.16. The van der Waals surface area contributed by atoms with E-state index in [-0.39, 0.29) is 0 Å². The maximum atomic E-state index is 11.7. The zero-order chi connectivity index (χ0) is 14.5. The molecule has 0 bridgehead atoms. The number of carbonyl (C=O) groups excluding carboxylic acids is 1. The van der Waals surface area contributed by atoms with Crippen LogP contribution >= 0.6 is 0 Å². The van der Waals surface area contributed by atoms with Crippen LogP contribution in [0.4, 0.5) is 10.5 Å². The number of benzene rings is 2. The normalized spacial score (nSPS) is 10.1. The molecule has 3 rings (SSSR count). The van der Waals surface area contributed by atoms with Crippen molar-refractivity contribution in [3.63, 3.8) is 0 Å². The molecule has 0 spiro atoms. The van der Waals surface area contributed by atoms with Gasteiger partial charge in [0.15, 0.2) is 0 Å². The molecule has 3 aromatic rings. The minimum atomic E-state index is -0.549. The first-order chi connectivity index (χ1) is 10.3. The van der Waals surface area contributed by atoms with Crippen molar-refractivity contribution < 1.29 is 13.9 Å². The highest BCUT2D eigenvalue weighted by molar-refractivity contribution is 5.86. The molecular weight excluding hydrogens is 270 g/mol. The van der Waals surface area contributed by atoms with Crippen LogP contribution in [0.1, 0.15) is 0 Å². The predicted octanol–water partition coefficient (Wildman–Crippen LogP) is 3.35. The fraction of sp³-hybridized carbons (Fsp3) is 0. The number of carbonyl (C=O) groups is 1. The predicted molar refractivity (Wildman–Crippen MR) is 75.8 cm³/mol. The van der Waals surface area contributed by atoms with Crippen molar-refractivity contribution in [3.05, 3.63) is 61.0 Å². The molecule has 21 heavy (non-hydrogen) atoms. The van der Waals surface area contributed by atoms with Crippen LogP contribution in [0, 0.1) is 0 Å². The second kappa shape index (κ2) is 5.87. The molecule has 6 heteroatoms. The van der Waals surface area contributed by atoms with Gasteiger partial charge in [-0.2, -0.15) is 0 Å². The Kier molecular flexibility index (Phi) is 3.60. The van der Waals surface area contributed by atoms with Gasteiger partial charge in [-0.15, -0.1) is 10.2 Å². The van der Waals surface area contributed by atoms with Gasteiger partial charge in [0, 0.05) is 11.3 Å². The molecule has 1 heterocycles. The summed E-state index contributed by atoms with van der Waals surface area (Å²) in [6.07, 6.45) is 0.713. The highest BCUT2D eigenvalue weighted by Crippen LogP contribution is 2.19. The molecule has 6 nitrogen and oxygen atoms in total. The Morgan fingerprint density at radius 1 is 1.05 bits per heavy atom. The second-order valence-electron chi connectivity index (χ2n) is 4.15. The Balaban J connectivity index is 1.64. The summed E-state index contributed by atoms with van der Waals surface area (Å²) in [5.41, 5.74) is 1.38. The highest BCUT2D eigenvalue weighted by atomic mass is 16.6. The number of nitrogens with one attached hydrogen (secondary N) is 1. The van der Waals surface area contributed by atoms with E-state index >= 15 is 0 Å². The van der Waals surface area contributed by atoms with Crippen LogP contribution in [0.2, 0.25) is 0 Å². The number of hydrogen-bond acceptors (Lipinski definition) is 5. The Morgan fingerprint density at radius 3 is 2.48 bits per heavy atom. The molecule has 1 N–H and O–H groups in total. The van der Waals surface area contributed by atoms with E-state index in [0.29, 0.717) is 17.3 Å². The maximum absolute atomic E-state index is 11.7. The standard InChI is InChI=1S/C15H11N3O3/c19-15(21-13-4-2-1-3-5-13)17-12-8-6-11(7-9-12)14-18-16-10-20-14/h1-10H,(H,17,19). The summed E-state index contributed by atoms with van der Waals surface area (Å²) in [5.74, 6) is 0.908. The second-order valence-corrected chi connectivity index (χ2v) is 4.15. The summed E-state index contributed by atoms with van der Waals surface area (Å²) in [5, 5.41) is 10.0. The quantitative estimate of drug-likeness (QED) is 0.796. The van der Waals surface area contributed by atoms with Crippen molar-refractivity contribution in [2.75, 3.05) is 5.32 Å². The lowest BCUT2D eigenvalue weighted by Gasteiger charge is -2.06. The average molecular weight is 281 g/mol. The fourth-order valence-corrected chi connectivity index (χ4v) is 1.73. The number of rotatable bonds is 3. The van der Waals surface area contributed by atoms with Crippen LogP contribution in [0.15, 0.2) is 65.4 Å². The molecule has 1 aromatic heterocycles. The molecule has 0 aliphatic heterocycles. The largest absolute Gasteiger partial charge is 0.423 e. The third kappa shape index (κ3) is 3.24. The Labute approximate surface area is 120 Å². The van der Waals surface area contributed by atoms with Gasteiger partial charge >= 0.3 is 6.09 Å². The first-order valence-corrected chi connectivity index (χ1v) is 6.22. The molecule has 0 unspecified atom stereocenters. The minimum absolute atomic E-state index is 0.424. The molecule has 0 radical (unpaired) electrons. The summed E-state index contributed by atoms with van der Waals surface area (Å²) in [7, 11) is 0. The zero-order valence-corrected chi connectivity index (χ0v) is 10.9. The van der Waals surface area contributed by atoms with Gasteiger partial charge < -0.3 is 9.15 Å². The lowest BCUT2D eigenvalue weighted by molar-refractivity contribution is 0.215. The summed E-state index contributed by atoms with van der Waals surface area (Å²) in [6, 6.07) is 15.8. The van der Waals surface area contributed by atoms with Gasteiger partial charge in [-0.05, 0) is 36.4 Å². The van der Waals surface area contributed by atoms with Gasteiger partial charge in [-0.3, -0.25) is 5.32 Å². The van der Waals surface area contributed by atoms with Gasteiger partial charge in [0.25, 0.3) is 0 Å². The topological polar surface area (TPSA) is 77.3 Å². The number of ether oxygens (including phenoxy) is 1. The average Bonchev–Trinajstić information content (AvgIpc) is 3.03. The van der Waals surface area contributed by atoms with Crippen molar-refractivity contribution in [1.29, 1.82) is 0 Å². The third-order valence-corrected chi connectivity index (χ3v) is 2.69. The van der Waals surface area contributed by atoms with Crippen LogP contribution in [-0.4, -0.2) is 16.3 Å². The number of hydrogen-bond donors (Lipinski definition) is 1. The van der Waals surface area contributed by atoms with Crippen molar-refractivity contribution >= 4 is 11.8 Å². The molecule has 104 valence electrons. The SMILES string of the molecule is O=C(Nc1ccc(-c2nnco2)cc1)Oc1ccccc1. The van der Waals surface area contributed by atoms with E-state index in [2.05, 4.69) is 15.5 Å². The van der Waals surface area contributed by atoms with E-state index in [0.717, 1.165) is 5.56 Å². The smallest absolute Gasteiger partial charge is 0.417 e. The first kappa shape index (κ1) is 12.9. The summed E-state index contributed by atoms with van der Waals surface area (Å²) < 4.78 is 10.2. The number of para-hydroxylation sites is 1. The molecule has 0 saturated carbocycles. The molecular formula is C15H11N3O3. The van der Waals surface area contributed by atoms with Gasteiger partial charge in [0.2, 0.25) is 12.3 Å². The van der Waals surface area contributed by atoms with Crippen LogP contribution in [0.25, 0.3) is 11.5 Å². The Hall–Kier alpha value is -3.15. The van der Waals surface area contributed by atoms with E-state index < -0.39 is 6.09 Å². The van der Waals surface area contributed by atoms with E-state index in [1.807, 2.05) is 6.07 Å². The van der Waals surface area contributed by atoms with Crippen molar-refractivity contribution in [1.82, 2.24) is 10.2 Å². The van der Waals surface area contributed by atoms with Crippen molar-refractivity contribution in [3.8, 4) is 17.2 Å². The van der Waals surface area contributed by atoms with Crippen LogP contribution < -0.4 is 10.1 Å². The third-order valence-electron chi connectivity index (χ3n) is 2.69. The molecule has 0 fully saturated rings. The number of aromatic nitrogens is 2. The highest BCUT2D eigenvalue weighted by Gasteiger charge is 2.06. The number of anilines is 1. The first-order valence-electron chi connectivity index (χ1n) is 6.22. The number of amides is 1. The fourth-order valence-electron chi connectivity index (χ4n) is 1.73. The molecule has 1 amide bonds. The van der Waals surface area contributed by atoms with Gasteiger partial charge in [-0.25, -0.2) is 4.79 Å². The summed E-state index contributed by atoms with van der Waals surface area (Å²) >= 11 is 0. The number of nitrogens with zero attached hydrogens (tertiary/aromatic N) is 2.